The molecule has 1 heterocycles. The largest absolute Gasteiger partial charge is 0.352 e. The number of hydrogen-bond acceptors (Lipinski definition) is 2. The third-order valence-electron chi connectivity index (χ3n) is 5.54. The summed E-state index contributed by atoms with van der Waals surface area (Å²) in [7, 11) is 0. The van der Waals surface area contributed by atoms with Crippen molar-refractivity contribution in [2.45, 2.75) is 64.3 Å². The van der Waals surface area contributed by atoms with Gasteiger partial charge >= 0.3 is 0 Å². The SMILES string of the molecule is O=C(NCc1ccc(C(=O)N2CCCCCC2)cc1)C1CCCCC1. The van der Waals surface area contributed by atoms with Crippen LogP contribution in [0.2, 0.25) is 0 Å². The van der Waals surface area contributed by atoms with E-state index in [0.29, 0.717) is 6.54 Å². The fraction of sp³-hybridized carbons (Fsp3) is 0.619. The highest BCUT2D eigenvalue weighted by Gasteiger charge is 2.21. The fourth-order valence-corrected chi connectivity index (χ4v) is 3.92. The second kappa shape index (κ2) is 9.02. The van der Waals surface area contributed by atoms with E-state index in [9.17, 15) is 9.59 Å². The Morgan fingerprint density at radius 2 is 1.48 bits per heavy atom. The Hall–Kier alpha value is -1.84. The zero-order chi connectivity index (χ0) is 17.5. The second-order valence-electron chi connectivity index (χ2n) is 7.46. The molecule has 0 atom stereocenters. The van der Waals surface area contributed by atoms with Crippen LogP contribution in [0.3, 0.4) is 0 Å². The van der Waals surface area contributed by atoms with Crippen molar-refractivity contribution in [3.63, 3.8) is 0 Å². The minimum Gasteiger partial charge on any atom is -0.352 e. The van der Waals surface area contributed by atoms with E-state index in [2.05, 4.69) is 5.32 Å². The van der Waals surface area contributed by atoms with Gasteiger partial charge in [-0.05, 0) is 43.4 Å². The van der Waals surface area contributed by atoms with E-state index < -0.39 is 0 Å². The summed E-state index contributed by atoms with van der Waals surface area (Å²) >= 11 is 0. The molecule has 1 aliphatic carbocycles. The quantitative estimate of drug-likeness (QED) is 0.902. The van der Waals surface area contributed by atoms with Crippen LogP contribution in [0.5, 0.6) is 0 Å². The molecule has 1 aromatic carbocycles. The Labute approximate surface area is 151 Å². The van der Waals surface area contributed by atoms with E-state index in [-0.39, 0.29) is 17.7 Å². The lowest BCUT2D eigenvalue weighted by molar-refractivity contribution is -0.126. The molecule has 136 valence electrons. The molecule has 3 rings (SSSR count). The molecule has 2 fully saturated rings. The molecule has 25 heavy (non-hydrogen) atoms. The molecule has 0 aromatic heterocycles. The van der Waals surface area contributed by atoms with Crippen LogP contribution in [0, 0.1) is 5.92 Å². The zero-order valence-corrected chi connectivity index (χ0v) is 15.1. The average molecular weight is 342 g/mol. The van der Waals surface area contributed by atoms with E-state index in [1.165, 1.54) is 32.1 Å². The summed E-state index contributed by atoms with van der Waals surface area (Å²) in [5.41, 5.74) is 1.81. The van der Waals surface area contributed by atoms with Gasteiger partial charge in [0.05, 0.1) is 0 Å². The lowest BCUT2D eigenvalue weighted by Gasteiger charge is -2.21. The van der Waals surface area contributed by atoms with Gasteiger partial charge in [-0.3, -0.25) is 9.59 Å². The van der Waals surface area contributed by atoms with Gasteiger partial charge in [0.1, 0.15) is 0 Å². The number of likely N-dealkylation sites (tertiary alicyclic amines) is 1. The summed E-state index contributed by atoms with van der Waals surface area (Å²) < 4.78 is 0. The molecule has 2 aliphatic rings. The number of carbonyl (C=O) groups excluding carboxylic acids is 2. The lowest BCUT2D eigenvalue weighted by Crippen LogP contribution is -2.32. The monoisotopic (exact) mass is 342 g/mol. The van der Waals surface area contributed by atoms with E-state index in [1.807, 2.05) is 29.2 Å². The van der Waals surface area contributed by atoms with Crippen LogP contribution >= 0.6 is 0 Å². The molecule has 0 radical (unpaired) electrons. The Morgan fingerprint density at radius 1 is 0.880 bits per heavy atom. The number of nitrogens with one attached hydrogen (secondary N) is 1. The van der Waals surface area contributed by atoms with Crippen molar-refractivity contribution in [3.8, 4) is 0 Å². The molecular formula is C21H30N2O2. The number of nitrogens with zero attached hydrogens (tertiary/aromatic N) is 1. The van der Waals surface area contributed by atoms with Crippen LogP contribution in [0.1, 0.15) is 73.7 Å². The summed E-state index contributed by atoms with van der Waals surface area (Å²) in [6.07, 6.45) is 10.3. The average Bonchev–Trinajstić information content (AvgIpc) is 2.96. The van der Waals surface area contributed by atoms with Crippen LogP contribution in [0.4, 0.5) is 0 Å². The topological polar surface area (TPSA) is 49.4 Å². The molecule has 0 spiro atoms. The van der Waals surface area contributed by atoms with Gasteiger partial charge < -0.3 is 10.2 Å². The van der Waals surface area contributed by atoms with Crippen molar-refractivity contribution >= 4 is 11.8 Å². The molecule has 1 saturated carbocycles. The first-order valence-electron chi connectivity index (χ1n) is 9.90. The highest BCUT2D eigenvalue weighted by Crippen LogP contribution is 2.23. The van der Waals surface area contributed by atoms with Crippen LogP contribution in [0.25, 0.3) is 0 Å². The molecule has 0 bridgehead atoms. The predicted octanol–water partition coefficient (Wildman–Crippen LogP) is 3.90. The Kier molecular flexibility index (Phi) is 6.48. The Balaban J connectivity index is 1.51. The fourth-order valence-electron chi connectivity index (χ4n) is 3.92. The van der Waals surface area contributed by atoms with Gasteiger partial charge in [-0.15, -0.1) is 0 Å². The highest BCUT2D eigenvalue weighted by atomic mass is 16.2. The van der Waals surface area contributed by atoms with Crippen molar-refractivity contribution in [1.29, 1.82) is 0 Å². The minimum atomic E-state index is 0.139. The third-order valence-corrected chi connectivity index (χ3v) is 5.54. The molecular weight excluding hydrogens is 312 g/mol. The van der Waals surface area contributed by atoms with Gasteiger partial charge in [0.15, 0.2) is 0 Å². The van der Waals surface area contributed by atoms with Crippen molar-refractivity contribution in [1.82, 2.24) is 10.2 Å². The first-order valence-corrected chi connectivity index (χ1v) is 9.90. The van der Waals surface area contributed by atoms with Crippen LogP contribution in [-0.2, 0) is 11.3 Å². The molecule has 0 unspecified atom stereocenters. The highest BCUT2D eigenvalue weighted by molar-refractivity contribution is 5.94. The molecule has 4 heteroatoms. The number of hydrogen-bond donors (Lipinski definition) is 1. The summed E-state index contributed by atoms with van der Waals surface area (Å²) in [6.45, 7) is 2.30. The number of benzene rings is 1. The summed E-state index contributed by atoms with van der Waals surface area (Å²) in [6, 6.07) is 7.73. The Bertz CT molecular complexity index is 568. The minimum absolute atomic E-state index is 0.139. The normalized spacial score (nSPS) is 19.3. The first-order chi connectivity index (χ1) is 12.2. The van der Waals surface area contributed by atoms with Crippen LogP contribution < -0.4 is 5.32 Å². The van der Waals surface area contributed by atoms with E-state index in [4.69, 9.17) is 0 Å². The molecule has 2 amide bonds. The predicted molar refractivity (Wildman–Crippen MR) is 99.2 cm³/mol. The van der Waals surface area contributed by atoms with Crippen LogP contribution in [-0.4, -0.2) is 29.8 Å². The van der Waals surface area contributed by atoms with Crippen molar-refractivity contribution in [3.05, 3.63) is 35.4 Å². The summed E-state index contributed by atoms with van der Waals surface area (Å²) in [5, 5.41) is 3.05. The molecule has 1 aliphatic heterocycles. The van der Waals surface area contributed by atoms with Crippen LogP contribution in [0.15, 0.2) is 24.3 Å². The van der Waals surface area contributed by atoms with Gasteiger partial charge in [0.2, 0.25) is 5.91 Å². The number of amides is 2. The lowest BCUT2D eigenvalue weighted by atomic mass is 9.88. The smallest absolute Gasteiger partial charge is 0.253 e. The van der Waals surface area contributed by atoms with E-state index in [0.717, 1.165) is 49.9 Å². The maximum absolute atomic E-state index is 12.6. The standard InChI is InChI=1S/C21H30N2O2/c24-20(18-8-4-3-5-9-18)22-16-17-10-12-19(13-11-17)21(25)23-14-6-1-2-7-15-23/h10-13,18H,1-9,14-16H2,(H,22,24). The third kappa shape index (κ3) is 5.07. The maximum atomic E-state index is 12.6. The maximum Gasteiger partial charge on any atom is 0.253 e. The van der Waals surface area contributed by atoms with Gasteiger partial charge in [0, 0.05) is 31.1 Å². The Morgan fingerprint density at radius 3 is 2.12 bits per heavy atom. The molecule has 1 saturated heterocycles. The van der Waals surface area contributed by atoms with Gasteiger partial charge in [0.25, 0.3) is 5.91 Å². The van der Waals surface area contributed by atoms with Crippen molar-refractivity contribution in [2.24, 2.45) is 5.92 Å². The molecule has 1 N–H and O–H groups in total. The first kappa shape index (κ1) is 18.0. The molecule has 4 nitrogen and oxygen atoms in total. The van der Waals surface area contributed by atoms with Crippen molar-refractivity contribution in [2.75, 3.05) is 13.1 Å². The second-order valence-corrected chi connectivity index (χ2v) is 7.46. The summed E-state index contributed by atoms with van der Waals surface area (Å²) in [4.78, 5) is 26.8. The van der Waals surface area contributed by atoms with E-state index in [1.54, 1.807) is 0 Å². The van der Waals surface area contributed by atoms with Gasteiger partial charge in [-0.25, -0.2) is 0 Å². The van der Waals surface area contributed by atoms with Gasteiger partial charge in [-0.1, -0.05) is 44.2 Å². The van der Waals surface area contributed by atoms with Gasteiger partial charge in [-0.2, -0.15) is 0 Å². The van der Waals surface area contributed by atoms with E-state index >= 15 is 0 Å². The summed E-state index contributed by atoms with van der Waals surface area (Å²) in [5.74, 6) is 0.516. The number of rotatable bonds is 4. The number of carbonyl (C=O) groups is 2. The molecule has 1 aromatic rings. The zero-order valence-electron chi connectivity index (χ0n) is 15.1. The van der Waals surface area contributed by atoms with Crippen molar-refractivity contribution < 1.29 is 9.59 Å².